The molecule has 1 amide bonds. The Kier molecular flexibility index (Phi) is 61.9. The molecule has 0 saturated carbocycles. The first-order valence-corrected chi connectivity index (χ1v) is 33.4. The van der Waals surface area contributed by atoms with Crippen LogP contribution in [0, 0.1) is 0 Å². The topological polar surface area (TPSA) is 95.9 Å². The van der Waals surface area contributed by atoms with Crippen molar-refractivity contribution in [2.24, 2.45) is 0 Å². The number of ether oxygens (including phenoxy) is 1. The van der Waals surface area contributed by atoms with E-state index >= 15 is 0 Å². The van der Waals surface area contributed by atoms with Crippen LogP contribution in [0.2, 0.25) is 0 Å². The quantitative estimate of drug-likeness (QED) is 0.0320. The summed E-state index contributed by atoms with van der Waals surface area (Å²) in [7, 11) is 0. The Morgan fingerprint density at radius 1 is 0.370 bits per heavy atom. The molecule has 6 heteroatoms. The van der Waals surface area contributed by atoms with Gasteiger partial charge in [-0.15, -0.1) is 0 Å². The average molecular weight is 1030 g/mol. The van der Waals surface area contributed by atoms with E-state index in [0.717, 1.165) is 44.9 Å². The number of carbonyl (C=O) groups excluding carboxylic acids is 2. The van der Waals surface area contributed by atoms with Crippen LogP contribution in [-0.4, -0.2) is 47.4 Å². The van der Waals surface area contributed by atoms with Crippen molar-refractivity contribution in [3.05, 3.63) is 12.2 Å². The maximum absolute atomic E-state index is 12.5. The van der Waals surface area contributed by atoms with Crippen molar-refractivity contribution in [1.82, 2.24) is 5.32 Å². The van der Waals surface area contributed by atoms with E-state index in [1.165, 1.54) is 302 Å². The summed E-state index contributed by atoms with van der Waals surface area (Å²) in [4.78, 5) is 24.5. The van der Waals surface area contributed by atoms with Gasteiger partial charge in [0, 0.05) is 12.8 Å². The lowest BCUT2D eigenvalue weighted by atomic mass is 10.0. The second kappa shape index (κ2) is 63.1. The predicted molar refractivity (Wildman–Crippen MR) is 320 cm³/mol. The molecular formula is C67H131NO5. The summed E-state index contributed by atoms with van der Waals surface area (Å²) >= 11 is 0. The van der Waals surface area contributed by atoms with Gasteiger partial charge in [-0.25, -0.2) is 0 Å². The first-order chi connectivity index (χ1) is 36.0. The third-order valence-electron chi connectivity index (χ3n) is 15.8. The Hall–Kier alpha value is -1.40. The molecule has 6 nitrogen and oxygen atoms in total. The summed E-state index contributed by atoms with van der Waals surface area (Å²) in [5.74, 6) is -0.0173. The number of aliphatic hydroxyl groups excluding tert-OH is 2. The molecule has 0 aromatic heterocycles. The van der Waals surface area contributed by atoms with Crippen molar-refractivity contribution < 1.29 is 24.5 Å². The molecule has 3 N–H and O–H groups in total. The zero-order chi connectivity index (χ0) is 52.9. The van der Waals surface area contributed by atoms with Gasteiger partial charge >= 0.3 is 5.97 Å². The van der Waals surface area contributed by atoms with E-state index < -0.39 is 12.1 Å². The fourth-order valence-corrected chi connectivity index (χ4v) is 10.7. The summed E-state index contributed by atoms with van der Waals surface area (Å²) < 4.78 is 5.49. The second-order valence-electron chi connectivity index (χ2n) is 23.2. The molecule has 0 aliphatic rings. The molecule has 0 heterocycles. The number of rotatable bonds is 63. The van der Waals surface area contributed by atoms with E-state index in [9.17, 15) is 19.8 Å². The lowest BCUT2D eigenvalue weighted by Gasteiger charge is -2.22. The Morgan fingerprint density at radius 2 is 0.644 bits per heavy atom. The van der Waals surface area contributed by atoms with Gasteiger partial charge in [-0.1, -0.05) is 328 Å². The molecule has 2 atom stereocenters. The van der Waals surface area contributed by atoms with Crippen LogP contribution < -0.4 is 5.32 Å². The Morgan fingerprint density at radius 3 is 0.973 bits per heavy atom. The van der Waals surface area contributed by atoms with Crippen molar-refractivity contribution in [3.63, 3.8) is 0 Å². The number of amides is 1. The fourth-order valence-electron chi connectivity index (χ4n) is 10.7. The summed E-state index contributed by atoms with van der Waals surface area (Å²) in [6, 6.07) is -0.536. The van der Waals surface area contributed by atoms with E-state index in [0.29, 0.717) is 25.9 Å². The van der Waals surface area contributed by atoms with Gasteiger partial charge in [0.15, 0.2) is 0 Å². The van der Waals surface area contributed by atoms with E-state index in [2.05, 4.69) is 31.3 Å². The fraction of sp³-hybridized carbons (Fsp3) is 0.940. The zero-order valence-electron chi connectivity index (χ0n) is 49.6. The van der Waals surface area contributed by atoms with Gasteiger partial charge in [-0.05, 0) is 51.4 Å². The number of esters is 1. The SMILES string of the molecule is CCCCCCC/C=C\CCCCCCCC(=O)OCCCCCCCCCCCCCCCCCCCCCCCCCCCCCCCCC(=O)NC(CO)C(O)CCCCCCCCCCCCCC. The summed E-state index contributed by atoms with van der Waals surface area (Å²) in [6.45, 7) is 4.97. The van der Waals surface area contributed by atoms with Crippen molar-refractivity contribution in [1.29, 1.82) is 0 Å². The highest BCUT2D eigenvalue weighted by molar-refractivity contribution is 5.76. The molecule has 0 fully saturated rings. The van der Waals surface area contributed by atoms with Gasteiger partial charge < -0.3 is 20.3 Å². The Labute approximate surface area is 457 Å². The number of hydrogen-bond acceptors (Lipinski definition) is 5. The largest absolute Gasteiger partial charge is 0.466 e. The number of allylic oxidation sites excluding steroid dienone is 2. The van der Waals surface area contributed by atoms with Gasteiger partial charge in [0.2, 0.25) is 5.91 Å². The second-order valence-corrected chi connectivity index (χ2v) is 23.2. The molecule has 73 heavy (non-hydrogen) atoms. The van der Waals surface area contributed by atoms with E-state index in [1.54, 1.807) is 0 Å². The van der Waals surface area contributed by atoms with Crippen LogP contribution in [0.5, 0.6) is 0 Å². The number of nitrogens with one attached hydrogen (secondary N) is 1. The van der Waals surface area contributed by atoms with Crippen molar-refractivity contribution in [2.45, 2.75) is 392 Å². The molecule has 0 radical (unpaired) electrons. The molecule has 0 aromatic carbocycles. The van der Waals surface area contributed by atoms with Crippen molar-refractivity contribution >= 4 is 11.9 Å². The highest BCUT2D eigenvalue weighted by Gasteiger charge is 2.20. The Balaban J connectivity index is 3.31. The van der Waals surface area contributed by atoms with Crippen LogP contribution in [-0.2, 0) is 14.3 Å². The summed E-state index contributed by atoms with van der Waals surface area (Å²) in [5.41, 5.74) is 0. The number of aliphatic hydroxyl groups is 2. The zero-order valence-corrected chi connectivity index (χ0v) is 49.6. The molecule has 0 aliphatic carbocycles. The minimum absolute atomic E-state index is 0.0122. The molecule has 434 valence electrons. The highest BCUT2D eigenvalue weighted by atomic mass is 16.5. The maximum atomic E-state index is 12.5. The van der Waals surface area contributed by atoms with Gasteiger partial charge in [-0.2, -0.15) is 0 Å². The molecule has 0 spiro atoms. The molecule has 0 bridgehead atoms. The van der Waals surface area contributed by atoms with Crippen LogP contribution in [0.15, 0.2) is 12.2 Å². The van der Waals surface area contributed by atoms with Crippen LogP contribution in [0.4, 0.5) is 0 Å². The standard InChI is InChI=1S/C67H131NO5/c1-3-5-7-9-11-13-15-17-37-41-45-49-53-57-61-67(72)73-62-58-54-50-46-42-38-35-33-31-29-27-25-23-21-19-18-20-22-24-26-28-30-32-34-36-40-44-48-52-56-60-66(71)68-64(63-69)65(70)59-55-51-47-43-39-16-14-12-10-8-6-4-2/h15,17,64-65,69-70H,3-14,16,18-63H2,1-2H3,(H,68,71)/b17-15-. The number of unbranched alkanes of at least 4 members (excludes halogenated alkanes) is 50. The monoisotopic (exact) mass is 1030 g/mol. The summed E-state index contributed by atoms with van der Waals surface area (Å²) in [6.07, 6.45) is 76.8. The van der Waals surface area contributed by atoms with Gasteiger partial charge in [0.1, 0.15) is 0 Å². The third-order valence-corrected chi connectivity index (χ3v) is 15.8. The maximum Gasteiger partial charge on any atom is 0.305 e. The first-order valence-electron chi connectivity index (χ1n) is 33.4. The number of carbonyl (C=O) groups is 2. The minimum Gasteiger partial charge on any atom is -0.466 e. The molecule has 0 rings (SSSR count). The Bertz CT molecular complexity index is 1100. The first kappa shape index (κ1) is 71.6. The van der Waals surface area contributed by atoms with Crippen LogP contribution in [0.3, 0.4) is 0 Å². The lowest BCUT2D eigenvalue weighted by Crippen LogP contribution is -2.45. The molecule has 2 unspecified atom stereocenters. The normalized spacial score (nSPS) is 12.5. The van der Waals surface area contributed by atoms with E-state index in [-0.39, 0.29) is 18.5 Å². The molecule has 0 saturated heterocycles. The van der Waals surface area contributed by atoms with Crippen molar-refractivity contribution in [2.75, 3.05) is 13.2 Å². The lowest BCUT2D eigenvalue weighted by molar-refractivity contribution is -0.143. The van der Waals surface area contributed by atoms with Gasteiger partial charge in [-0.3, -0.25) is 9.59 Å². The summed E-state index contributed by atoms with van der Waals surface area (Å²) in [5, 5.41) is 23.2. The van der Waals surface area contributed by atoms with Crippen LogP contribution in [0.25, 0.3) is 0 Å². The van der Waals surface area contributed by atoms with Crippen LogP contribution in [0.1, 0.15) is 380 Å². The van der Waals surface area contributed by atoms with Crippen molar-refractivity contribution in [3.8, 4) is 0 Å². The number of hydrogen-bond donors (Lipinski definition) is 3. The molecule has 0 aliphatic heterocycles. The molecule has 0 aromatic rings. The van der Waals surface area contributed by atoms with E-state index in [4.69, 9.17) is 4.74 Å². The minimum atomic E-state index is -0.659. The average Bonchev–Trinajstić information content (AvgIpc) is 3.39. The van der Waals surface area contributed by atoms with Crippen LogP contribution >= 0.6 is 0 Å². The third kappa shape index (κ3) is 59.7. The smallest absolute Gasteiger partial charge is 0.305 e. The van der Waals surface area contributed by atoms with Gasteiger partial charge in [0.05, 0.1) is 25.4 Å². The van der Waals surface area contributed by atoms with Gasteiger partial charge in [0.25, 0.3) is 0 Å². The predicted octanol–water partition coefficient (Wildman–Crippen LogP) is 21.2. The van der Waals surface area contributed by atoms with E-state index in [1.807, 2.05) is 0 Å². The molecular weight excluding hydrogens is 899 g/mol. The highest BCUT2D eigenvalue weighted by Crippen LogP contribution is 2.19.